The molecule has 1 saturated carbocycles. The van der Waals surface area contributed by atoms with E-state index >= 15 is 0 Å². The lowest BCUT2D eigenvalue weighted by molar-refractivity contribution is 0.391. The third kappa shape index (κ3) is 2.98. The predicted octanol–water partition coefficient (Wildman–Crippen LogP) is 5.07. The zero-order chi connectivity index (χ0) is 15.8. The van der Waals surface area contributed by atoms with Gasteiger partial charge in [-0.2, -0.15) is 0 Å². The van der Waals surface area contributed by atoms with Gasteiger partial charge in [-0.15, -0.1) is 0 Å². The second kappa shape index (κ2) is 5.89. The first-order valence-corrected chi connectivity index (χ1v) is 8.27. The van der Waals surface area contributed by atoms with Gasteiger partial charge in [0.05, 0.1) is 5.02 Å². The molecule has 1 aromatic rings. The number of nitrogens with one attached hydrogen (secondary N) is 1. The summed E-state index contributed by atoms with van der Waals surface area (Å²) in [6, 6.07) is 5.59. The molecular weight excluding hydrogens is 285 g/mol. The molecule has 1 aliphatic carbocycles. The zero-order valence-electron chi connectivity index (χ0n) is 13.8. The average Bonchev–Trinajstić information content (AvgIpc) is 2.81. The van der Waals surface area contributed by atoms with Crippen LogP contribution in [0.1, 0.15) is 46.6 Å². The topological polar surface area (TPSA) is 12.0 Å². The highest BCUT2D eigenvalue weighted by atomic mass is 35.5. The third-order valence-corrected chi connectivity index (χ3v) is 5.95. The van der Waals surface area contributed by atoms with Crippen LogP contribution in [0, 0.1) is 22.6 Å². The molecule has 1 unspecified atom stereocenters. The van der Waals surface area contributed by atoms with Gasteiger partial charge >= 0.3 is 0 Å². The number of halogens is 2. The molecular formula is C18H27ClFN. The Labute approximate surface area is 133 Å². The smallest absolute Gasteiger partial charge is 0.145 e. The van der Waals surface area contributed by atoms with E-state index in [0.29, 0.717) is 18.4 Å². The van der Waals surface area contributed by atoms with Gasteiger partial charge in [-0.1, -0.05) is 58.4 Å². The van der Waals surface area contributed by atoms with E-state index in [1.54, 1.807) is 6.07 Å². The second-order valence-electron chi connectivity index (χ2n) is 7.40. The molecule has 0 aliphatic heterocycles. The summed E-state index contributed by atoms with van der Waals surface area (Å²) < 4.78 is 14.2. The Bertz CT molecular complexity index is 496. The van der Waals surface area contributed by atoms with Crippen molar-refractivity contribution in [2.24, 2.45) is 16.7 Å². The van der Waals surface area contributed by atoms with Crippen molar-refractivity contribution in [1.82, 2.24) is 5.32 Å². The maximum absolute atomic E-state index is 14.2. The quantitative estimate of drug-likeness (QED) is 0.773. The molecule has 0 saturated heterocycles. The number of rotatable bonds is 6. The van der Waals surface area contributed by atoms with E-state index in [-0.39, 0.29) is 21.7 Å². The summed E-state index contributed by atoms with van der Waals surface area (Å²) in [6.45, 7) is 12.4. The first kappa shape index (κ1) is 16.8. The zero-order valence-corrected chi connectivity index (χ0v) is 14.5. The largest absolute Gasteiger partial charge is 0.313 e. The standard InChI is InChI=1S/C18H27ClFN/c1-6-10-21-14(16-17(2,3)18(16,4)5)11-12-8-7-9-13(19)15(12)20/h7-9,14,16,21H,6,10-11H2,1-5H3. The molecule has 0 aromatic heterocycles. The maximum atomic E-state index is 14.2. The highest BCUT2D eigenvalue weighted by molar-refractivity contribution is 6.30. The molecule has 0 bridgehead atoms. The molecule has 0 spiro atoms. The molecule has 1 aliphatic rings. The summed E-state index contributed by atoms with van der Waals surface area (Å²) >= 11 is 5.91. The molecule has 0 amide bonds. The summed E-state index contributed by atoms with van der Waals surface area (Å²) in [4.78, 5) is 0. The van der Waals surface area contributed by atoms with Crippen LogP contribution in [0.3, 0.4) is 0 Å². The SMILES string of the molecule is CCCNC(Cc1cccc(Cl)c1F)C1C(C)(C)C1(C)C. The normalized spacial score (nSPS) is 21.3. The third-order valence-electron chi connectivity index (χ3n) is 5.66. The van der Waals surface area contributed by atoms with E-state index in [4.69, 9.17) is 11.6 Å². The summed E-state index contributed by atoms with van der Waals surface area (Å²) in [5, 5.41) is 3.85. The Balaban J connectivity index is 2.20. The van der Waals surface area contributed by atoms with Crippen molar-refractivity contribution >= 4 is 11.6 Å². The fourth-order valence-electron chi connectivity index (χ4n) is 3.83. The Kier molecular flexibility index (Phi) is 4.70. The number of hydrogen-bond acceptors (Lipinski definition) is 1. The Hall–Kier alpha value is -0.600. The van der Waals surface area contributed by atoms with Crippen LogP contribution in [0.25, 0.3) is 0 Å². The summed E-state index contributed by atoms with van der Waals surface area (Å²) in [7, 11) is 0. The van der Waals surface area contributed by atoms with Gasteiger partial charge in [0.15, 0.2) is 0 Å². The van der Waals surface area contributed by atoms with Gasteiger partial charge in [0.1, 0.15) is 5.82 Å². The van der Waals surface area contributed by atoms with Gasteiger partial charge in [-0.3, -0.25) is 0 Å². The molecule has 118 valence electrons. The minimum atomic E-state index is -0.265. The van der Waals surface area contributed by atoms with Crippen LogP contribution in [0.15, 0.2) is 18.2 Å². The fourth-order valence-corrected chi connectivity index (χ4v) is 4.03. The Morgan fingerprint density at radius 2 is 1.86 bits per heavy atom. The molecule has 3 heteroatoms. The van der Waals surface area contributed by atoms with Crippen LogP contribution in [-0.2, 0) is 6.42 Å². The van der Waals surface area contributed by atoms with E-state index in [1.165, 1.54) is 0 Å². The van der Waals surface area contributed by atoms with Crippen LogP contribution >= 0.6 is 11.6 Å². The molecule has 0 heterocycles. The van der Waals surface area contributed by atoms with Crippen molar-refractivity contribution in [3.8, 4) is 0 Å². The Morgan fingerprint density at radius 3 is 2.38 bits per heavy atom. The molecule has 21 heavy (non-hydrogen) atoms. The van der Waals surface area contributed by atoms with E-state index in [9.17, 15) is 4.39 Å². The monoisotopic (exact) mass is 311 g/mol. The molecule has 1 atom stereocenters. The molecule has 1 aromatic carbocycles. The van der Waals surface area contributed by atoms with Crippen LogP contribution in [0.4, 0.5) is 4.39 Å². The first-order chi connectivity index (χ1) is 9.73. The molecule has 2 rings (SSSR count). The van der Waals surface area contributed by atoms with Gasteiger partial charge in [0, 0.05) is 6.04 Å². The van der Waals surface area contributed by atoms with Crippen molar-refractivity contribution < 1.29 is 4.39 Å². The highest BCUT2D eigenvalue weighted by Gasteiger charge is 2.66. The Morgan fingerprint density at radius 1 is 1.24 bits per heavy atom. The van der Waals surface area contributed by atoms with Crippen molar-refractivity contribution in [1.29, 1.82) is 0 Å². The maximum Gasteiger partial charge on any atom is 0.145 e. The number of hydrogen-bond donors (Lipinski definition) is 1. The lowest BCUT2D eigenvalue weighted by Crippen LogP contribution is -2.36. The van der Waals surface area contributed by atoms with Crippen molar-refractivity contribution in [3.63, 3.8) is 0 Å². The van der Waals surface area contributed by atoms with Gasteiger partial charge in [0.2, 0.25) is 0 Å². The summed E-state index contributed by atoms with van der Waals surface area (Å²) in [5.41, 5.74) is 1.29. The minimum absolute atomic E-state index is 0.219. The number of benzene rings is 1. The minimum Gasteiger partial charge on any atom is -0.313 e. The molecule has 1 nitrogen and oxygen atoms in total. The van der Waals surface area contributed by atoms with Gasteiger partial charge in [-0.05, 0) is 47.8 Å². The van der Waals surface area contributed by atoms with Crippen molar-refractivity contribution in [2.75, 3.05) is 6.54 Å². The van der Waals surface area contributed by atoms with Gasteiger partial charge < -0.3 is 5.32 Å². The lowest BCUT2D eigenvalue weighted by Gasteiger charge is -2.21. The molecule has 1 fully saturated rings. The first-order valence-electron chi connectivity index (χ1n) is 7.89. The lowest BCUT2D eigenvalue weighted by atomic mass is 9.96. The molecule has 1 N–H and O–H groups in total. The van der Waals surface area contributed by atoms with Crippen LogP contribution in [-0.4, -0.2) is 12.6 Å². The summed E-state index contributed by atoms with van der Waals surface area (Å²) in [5.74, 6) is 0.286. The predicted molar refractivity (Wildman–Crippen MR) is 88.2 cm³/mol. The highest BCUT2D eigenvalue weighted by Crippen LogP contribution is 2.69. The van der Waals surface area contributed by atoms with Crippen LogP contribution in [0.5, 0.6) is 0 Å². The fraction of sp³-hybridized carbons (Fsp3) is 0.667. The average molecular weight is 312 g/mol. The summed E-state index contributed by atoms with van der Waals surface area (Å²) in [6.07, 6.45) is 1.78. The van der Waals surface area contributed by atoms with E-state index < -0.39 is 0 Å². The van der Waals surface area contributed by atoms with Crippen molar-refractivity contribution in [3.05, 3.63) is 34.6 Å². The van der Waals surface area contributed by atoms with Gasteiger partial charge in [0.25, 0.3) is 0 Å². The van der Waals surface area contributed by atoms with E-state index in [0.717, 1.165) is 18.5 Å². The van der Waals surface area contributed by atoms with E-state index in [2.05, 4.69) is 39.9 Å². The molecule has 0 radical (unpaired) electrons. The van der Waals surface area contributed by atoms with Gasteiger partial charge in [-0.25, -0.2) is 4.39 Å². The van der Waals surface area contributed by atoms with E-state index in [1.807, 2.05) is 12.1 Å². The van der Waals surface area contributed by atoms with Crippen molar-refractivity contribution in [2.45, 2.75) is 53.5 Å². The van der Waals surface area contributed by atoms with Crippen LogP contribution in [0.2, 0.25) is 5.02 Å². The van der Waals surface area contributed by atoms with Crippen LogP contribution < -0.4 is 5.32 Å². The second-order valence-corrected chi connectivity index (χ2v) is 7.81.